The van der Waals surface area contributed by atoms with Gasteiger partial charge in [-0.3, -0.25) is 4.90 Å². The molecule has 0 fully saturated rings. The minimum Gasteiger partial charge on any atom is -0.441 e. The number of nitrogens with zero attached hydrogens (tertiary/aromatic N) is 3. The summed E-state index contributed by atoms with van der Waals surface area (Å²) in [5.41, 5.74) is 1.73. The van der Waals surface area contributed by atoms with Gasteiger partial charge in [-0.2, -0.15) is 0 Å². The van der Waals surface area contributed by atoms with Crippen molar-refractivity contribution in [3.8, 4) is 11.5 Å². The van der Waals surface area contributed by atoms with Crippen LogP contribution in [0.1, 0.15) is 35.1 Å². The van der Waals surface area contributed by atoms with E-state index in [0.717, 1.165) is 28.9 Å². The van der Waals surface area contributed by atoms with Crippen molar-refractivity contribution in [3.05, 3.63) is 57.4 Å². The van der Waals surface area contributed by atoms with Gasteiger partial charge < -0.3 is 4.42 Å². The maximum atomic E-state index is 13.9. The van der Waals surface area contributed by atoms with E-state index >= 15 is 0 Å². The molecule has 4 nitrogen and oxygen atoms in total. The van der Waals surface area contributed by atoms with Crippen LogP contribution in [-0.2, 0) is 6.54 Å². The molecule has 2 heterocycles. The molecule has 25 heavy (non-hydrogen) atoms. The maximum Gasteiger partial charge on any atom is 0.229 e. The highest BCUT2D eigenvalue weighted by Crippen LogP contribution is 2.28. The molecule has 1 atom stereocenters. The monoisotopic (exact) mass is 363 g/mol. The summed E-state index contributed by atoms with van der Waals surface area (Å²) in [6, 6.07) is 3.35. The summed E-state index contributed by atoms with van der Waals surface area (Å²) < 4.78 is 32.9. The second kappa shape index (κ2) is 7.01. The quantitative estimate of drug-likeness (QED) is 0.647. The fourth-order valence-corrected chi connectivity index (χ4v) is 3.39. The van der Waals surface area contributed by atoms with E-state index in [0.29, 0.717) is 18.0 Å². The molecule has 0 aliphatic carbocycles. The summed E-state index contributed by atoms with van der Waals surface area (Å²) in [5.74, 6) is -0.406. The van der Waals surface area contributed by atoms with E-state index in [4.69, 9.17) is 4.42 Å². The molecule has 3 rings (SSSR count). The van der Waals surface area contributed by atoms with Crippen LogP contribution in [0, 0.1) is 25.5 Å². The Morgan fingerprint density at radius 2 is 2.00 bits per heavy atom. The molecule has 0 N–H and O–H groups in total. The number of hydrogen-bond donors (Lipinski definition) is 0. The lowest BCUT2D eigenvalue weighted by Crippen LogP contribution is -2.22. The number of aromatic nitrogens is 2. The highest BCUT2D eigenvalue weighted by Gasteiger charge is 2.20. The largest absolute Gasteiger partial charge is 0.441 e. The first-order valence-corrected chi connectivity index (χ1v) is 8.77. The van der Waals surface area contributed by atoms with Crippen LogP contribution in [-0.4, -0.2) is 21.9 Å². The second-order valence-electron chi connectivity index (χ2n) is 6.06. The lowest BCUT2D eigenvalue weighted by Gasteiger charge is -2.21. The van der Waals surface area contributed by atoms with Crippen LogP contribution in [0.3, 0.4) is 0 Å². The third-order valence-corrected chi connectivity index (χ3v) is 5.24. The Morgan fingerprint density at radius 3 is 2.68 bits per heavy atom. The summed E-state index contributed by atoms with van der Waals surface area (Å²) in [7, 11) is 1.97. The lowest BCUT2D eigenvalue weighted by molar-refractivity contribution is 0.248. The summed E-state index contributed by atoms with van der Waals surface area (Å²) in [6.07, 6.45) is 0. The number of benzene rings is 1. The first-order chi connectivity index (χ1) is 11.8. The molecule has 1 aromatic carbocycles. The number of aryl methyl sites for hydroxylation is 2. The Bertz CT molecular complexity index is 890. The molecule has 132 valence electrons. The molecule has 3 aromatic rings. The third kappa shape index (κ3) is 3.77. The summed E-state index contributed by atoms with van der Waals surface area (Å²) >= 11 is 1.62. The van der Waals surface area contributed by atoms with Gasteiger partial charge in [0.25, 0.3) is 0 Å². The SMILES string of the molecule is Cc1csc(C(C)N(C)Cc2nc(-c3cc(F)ccc3F)oc2C)n1. The van der Waals surface area contributed by atoms with Gasteiger partial charge >= 0.3 is 0 Å². The fourth-order valence-electron chi connectivity index (χ4n) is 2.48. The average Bonchev–Trinajstić information content (AvgIpc) is 3.15. The molecule has 7 heteroatoms. The van der Waals surface area contributed by atoms with E-state index in [1.54, 1.807) is 18.3 Å². The minimum absolute atomic E-state index is 0.0283. The molecule has 0 spiro atoms. The van der Waals surface area contributed by atoms with Crippen molar-refractivity contribution in [2.24, 2.45) is 0 Å². The number of thiazole rings is 1. The second-order valence-corrected chi connectivity index (χ2v) is 6.95. The summed E-state index contributed by atoms with van der Waals surface area (Å²) in [4.78, 5) is 11.0. The van der Waals surface area contributed by atoms with Crippen LogP contribution in [0.15, 0.2) is 28.0 Å². The first-order valence-electron chi connectivity index (χ1n) is 7.89. The lowest BCUT2D eigenvalue weighted by atomic mass is 10.2. The third-order valence-electron chi connectivity index (χ3n) is 4.11. The van der Waals surface area contributed by atoms with Gasteiger partial charge in [-0.15, -0.1) is 11.3 Å². The molecule has 0 aliphatic rings. The van der Waals surface area contributed by atoms with Crippen LogP contribution >= 0.6 is 11.3 Å². The standard InChI is InChI=1S/C18H19F2N3OS/c1-10-9-25-18(21-10)11(2)23(4)8-16-12(3)24-17(22-16)14-7-13(19)5-6-15(14)20/h5-7,9,11H,8H2,1-4H3. The zero-order chi connectivity index (χ0) is 18.1. The Hall–Kier alpha value is -2.12. The molecule has 0 bridgehead atoms. The molecular weight excluding hydrogens is 344 g/mol. The molecule has 0 amide bonds. The van der Waals surface area contributed by atoms with E-state index < -0.39 is 11.6 Å². The Morgan fingerprint density at radius 1 is 1.24 bits per heavy atom. The van der Waals surface area contributed by atoms with Gasteiger partial charge in [0.15, 0.2) is 0 Å². The molecule has 0 radical (unpaired) electrons. The van der Waals surface area contributed by atoms with Crippen molar-refractivity contribution in [2.75, 3.05) is 7.05 Å². The maximum absolute atomic E-state index is 13.9. The van der Waals surface area contributed by atoms with Crippen LogP contribution in [0.25, 0.3) is 11.5 Å². The Labute approximate surface area is 149 Å². The van der Waals surface area contributed by atoms with Crippen molar-refractivity contribution < 1.29 is 13.2 Å². The summed E-state index contributed by atoms with van der Waals surface area (Å²) in [5, 5.41) is 3.05. The van der Waals surface area contributed by atoms with Crippen molar-refractivity contribution >= 4 is 11.3 Å². The topological polar surface area (TPSA) is 42.2 Å². The van der Waals surface area contributed by atoms with E-state index in [1.807, 2.05) is 19.4 Å². The van der Waals surface area contributed by atoms with Crippen LogP contribution in [0.4, 0.5) is 8.78 Å². The van der Waals surface area contributed by atoms with Crippen LogP contribution in [0.2, 0.25) is 0 Å². The highest BCUT2D eigenvalue weighted by atomic mass is 32.1. The molecule has 2 aromatic heterocycles. The zero-order valence-electron chi connectivity index (χ0n) is 14.5. The molecular formula is C18H19F2N3OS. The van der Waals surface area contributed by atoms with Gasteiger partial charge in [-0.25, -0.2) is 18.7 Å². The van der Waals surface area contributed by atoms with Crippen LogP contribution in [0.5, 0.6) is 0 Å². The fraction of sp³-hybridized carbons (Fsp3) is 0.333. The smallest absolute Gasteiger partial charge is 0.229 e. The number of oxazole rings is 1. The van der Waals surface area contributed by atoms with Gasteiger partial charge in [0.1, 0.15) is 22.4 Å². The molecule has 0 saturated heterocycles. The average molecular weight is 363 g/mol. The van der Waals surface area contributed by atoms with E-state index in [-0.39, 0.29) is 17.5 Å². The van der Waals surface area contributed by atoms with Crippen LogP contribution < -0.4 is 0 Å². The van der Waals surface area contributed by atoms with Gasteiger partial charge in [0.05, 0.1) is 17.3 Å². The predicted octanol–water partition coefficient (Wildman–Crippen LogP) is 4.89. The Kier molecular flexibility index (Phi) is 4.96. The number of hydrogen-bond acceptors (Lipinski definition) is 5. The van der Waals surface area contributed by atoms with Gasteiger partial charge in [0.2, 0.25) is 5.89 Å². The van der Waals surface area contributed by atoms with Gasteiger partial charge in [-0.1, -0.05) is 0 Å². The van der Waals surface area contributed by atoms with E-state index in [9.17, 15) is 8.78 Å². The zero-order valence-corrected chi connectivity index (χ0v) is 15.3. The molecule has 0 aliphatic heterocycles. The first kappa shape index (κ1) is 17.7. The normalized spacial score (nSPS) is 12.8. The van der Waals surface area contributed by atoms with Crippen molar-refractivity contribution in [2.45, 2.75) is 33.4 Å². The van der Waals surface area contributed by atoms with E-state index in [1.165, 1.54) is 0 Å². The van der Waals surface area contributed by atoms with Crippen molar-refractivity contribution in [1.82, 2.24) is 14.9 Å². The minimum atomic E-state index is -0.561. The highest BCUT2D eigenvalue weighted by molar-refractivity contribution is 7.09. The van der Waals surface area contributed by atoms with E-state index in [2.05, 4.69) is 21.8 Å². The summed E-state index contributed by atoms with van der Waals surface area (Å²) in [6.45, 7) is 6.33. The van der Waals surface area contributed by atoms with Gasteiger partial charge in [0, 0.05) is 17.6 Å². The van der Waals surface area contributed by atoms with Gasteiger partial charge in [-0.05, 0) is 46.0 Å². The van der Waals surface area contributed by atoms with Crippen molar-refractivity contribution in [3.63, 3.8) is 0 Å². The molecule has 1 unspecified atom stereocenters. The number of rotatable bonds is 5. The Balaban J connectivity index is 1.82. The number of halogens is 2. The predicted molar refractivity (Wildman–Crippen MR) is 93.3 cm³/mol. The molecule has 0 saturated carbocycles. The van der Waals surface area contributed by atoms with Crippen molar-refractivity contribution in [1.29, 1.82) is 0 Å².